The molecule has 0 fully saturated rings. The van der Waals surface area contributed by atoms with E-state index in [0.29, 0.717) is 5.75 Å². The van der Waals surface area contributed by atoms with E-state index in [4.69, 9.17) is 4.74 Å². The van der Waals surface area contributed by atoms with Gasteiger partial charge in [-0.2, -0.15) is 0 Å². The Hall–Kier alpha value is -3.09. The number of para-hydroxylation sites is 1. The van der Waals surface area contributed by atoms with Crippen LogP contribution in [0.3, 0.4) is 0 Å². The van der Waals surface area contributed by atoms with Crippen molar-refractivity contribution in [2.75, 3.05) is 12.0 Å². The molecule has 23 heavy (non-hydrogen) atoms. The van der Waals surface area contributed by atoms with Crippen molar-refractivity contribution >= 4 is 11.7 Å². The Bertz CT molecular complexity index is 796. The van der Waals surface area contributed by atoms with E-state index in [0.717, 1.165) is 11.6 Å². The van der Waals surface area contributed by atoms with E-state index in [1.807, 2.05) is 6.07 Å². The molecule has 7 heteroatoms. The number of Topliss-reactive ketones (excluding diaryl/α,β-unsaturated/α-hetero) is 1. The lowest BCUT2D eigenvalue weighted by Crippen LogP contribution is -2.38. The molecule has 7 nitrogen and oxygen atoms in total. The minimum absolute atomic E-state index is 0.283. The molecule has 1 amide bonds. The van der Waals surface area contributed by atoms with Gasteiger partial charge < -0.3 is 9.84 Å². The molecule has 0 saturated heterocycles. The molecule has 0 aliphatic carbocycles. The zero-order chi connectivity index (χ0) is 17.0. The van der Waals surface area contributed by atoms with Crippen molar-refractivity contribution in [2.24, 2.45) is 0 Å². The standard InChI is InChI=1S/C16H16N2O5/c1-10-8-13(20)15(11(2)19)16(22)18(10)17-14(21)9-23-12-6-4-3-5-7-12/h3-8,20H,9H2,1-2H3,(H,17,21). The van der Waals surface area contributed by atoms with Gasteiger partial charge in [0.05, 0.1) is 0 Å². The highest BCUT2D eigenvalue weighted by atomic mass is 16.5. The molecule has 0 unspecified atom stereocenters. The fourth-order valence-corrected chi connectivity index (χ4v) is 2.01. The van der Waals surface area contributed by atoms with Crippen LogP contribution in [0.2, 0.25) is 0 Å². The normalized spacial score (nSPS) is 10.2. The summed E-state index contributed by atoms with van der Waals surface area (Å²) in [5, 5.41) is 9.68. The van der Waals surface area contributed by atoms with Crippen molar-refractivity contribution < 1.29 is 19.4 Å². The first kappa shape index (κ1) is 16.3. The summed E-state index contributed by atoms with van der Waals surface area (Å²) in [6.07, 6.45) is 0. The number of benzene rings is 1. The van der Waals surface area contributed by atoms with E-state index in [1.165, 1.54) is 13.0 Å². The summed E-state index contributed by atoms with van der Waals surface area (Å²) in [6, 6.07) is 9.96. The van der Waals surface area contributed by atoms with E-state index >= 15 is 0 Å². The summed E-state index contributed by atoms with van der Waals surface area (Å²) < 4.78 is 6.19. The number of aromatic nitrogens is 1. The lowest BCUT2D eigenvalue weighted by molar-refractivity contribution is -0.119. The van der Waals surface area contributed by atoms with Crippen molar-refractivity contribution in [1.29, 1.82) is 0 Å². The summed E-state index contributed by atoms with van der Waals surface area (Å²) in [5.41, 5.74) is 1.47. The number of nitrogens with zero attached hydrogens (tertiary/aromatic N) is 1. The van der Waals surface area contributed by atoms with E-state index in [2.05, 4.69) is 5.43 Å². The Morgan fingerprint density at radius 3 is 2.52 bits per heavy atom. The molecule has 120 valence electrons. The molecule has 2 rings (SSSR count). The van der Waals surface area contributed by atoms with Gasteiger partial charge in [-0.25, -0.2) is 4.68 Å². The number of amides is 1. The highest BCUT2D eigenvalue weighted by molar-refractivity contribution is 5.96. The SMILES string of the molecule is CC(=O)c1c(O)cc(C)n(NC(=O)COc2ccccc2)c1=O. The van der Waals surface area contributed by atoms with Crippen LogP contribution < -0.4 is 15.7 Å². The van der Waals surface area contributed by atoms with Crippen molar-refractivity contribution in [3.8, 4) is 11.5 Å². The maximum Gasteiger partial charge on any atom is 0.284 e. The van der Waals surface area contributed by atoms with Gasteiger partial charge in [0.1, 0.15) is 17.1 Å². The minimum Gasteiger partial charge on any atom is -0.507 e. The van der Waals surface area contributed by atoms with Crippen LogP contribution in [0.25, 0.3) is 0 Å². The monoisotopic (exact) mass is 316 g/mol. The molecule has 1 heterocycles. The Morgan fingerprint density at radius 2 is 1.91 bits per heavy atom. The molecule has 2 N–H and O–H groups in total. The summed E-state index contributed by atoms with van der Waals surface area (Å²) in [4.78, 5) is 35.5. The maximum atomic E-state index is 12.2. The van der Waals surface area contributed by atoms with Crippen LogP contribution in [0.4, 0.5) is 0 Å². The largest absolute Gasteiger partial charge is 0.507 e. The molecule has 0 radical (unpaired) electrons. The topological polar surface area (TPSA) is 97.6 Å². The average molecular weight is 316 g/mol. The van der Waals surface area contributed by atoms with Gasteiger partial charge in [0.15, 0.2) is 12.4 Å². The van der Waals surface area contributed by atoms with Crippen molar-refractivity contribution in [3.63, 3.8) is 0 Å². The van der Waals surface area contributed by atoms with Crippen LogP contribution in [0.1, 0.15) is 23.0 Å². The number of carbonyl (C=O) groups is 2. The summed E-state index contributed by atoms with van der Waals surface area (Å²) >= 11 is 0. The predicted molar refractivity (Wildman–Crippen MR) is 83.4 cm³/mol. The van der Waals surface area contributed by atoms with E-state index in [1.54, 1.807) is 24.3 Å². The third kappa shape index (κ3) is 3.76. The molecule has 1 aromatic heterocycles. The van der Waals surface area contributed by atoms with Crippen LogP contribution in [-0.2, 0) is 4.79 Å². The molecule has 0 bridgehead atoms. The number of hydrogen-bond donors (Lipinski definition) is 2. The molecule has 2 aromatic rings. The van der Waals surface area contributed by atoms with Crippen LogP contribution in [0, 0.1) is 6.92 Å². The maximum absolute atomic E-state index is 12.2. The number of aryl methyl sites for hydroxylation is 1. The molecule has 0 aliphatic rings. The number of hydrogen-bond acceptors (Lipinski definition) is 5. The third-order valence-corrected chi connectivity index (χ3v) is 3.07. The predicted octanol–water partition coefficient (Wildman–Crippen LogP) is 1.21. The van der Waals surface area contributed by atoms with Crippen LogP contribution in [0.15, 0.2) is 41.2 Å². The van der Waals surface area contributed by atoms with Gasteiger partial charge in [-0.15, -0.1) is 0 Å². The summed E-state index contributed by atoms with van der Waals surface area (Å²) in [7, 11) is 0. The molecule has 0 saturated carbocycles. The Kier molecular flexibility index (Phi) is 4.80. The van der Waals surface area contributed by atoms with Gasteiger partial charge in [-0.3, -0.25) is 19.8 Å². The van der Waals surface area contributed by atoms with E-state index in [9.17, 15) is 19.5 Å². The fraction of sp³-hybridized carbons (Fsp3) is 0.188. The van der Waals surface area contributed by atoms with Gasteiger partial charge in [0.2, 0.25) is 0 Å². The van der Waals surface area contributed by atoms with Crippen LogP contribution in [0.5, 0.6) is 11.5 Å². The van der Waals surface area contributed by atoms with Gasteiger partial charge in [-0.1, -0.05) is 18.2 Å². The lowest BCUT2D eigenvalue weighted by Gasteiger charge is -2.14. The number of ether oxygens (including phenoxy) is 1. The van der Waals surface area contributed by atoms with E-state index in [-0.39, 0.29) is 17.9 Å². The number of aromatic hydroxyl groups is 1. The second-order valence-electron chi connectivity index (χ2n) is 4.88. The van der Waals surface area contributed by atoms with Crippen molar-refractivity contribution in [2.45, 2.75) is 13.8 Å². The molecular weight excluding hydrogens is 300 g/mol. The summed E-state index contributed by atoms with van der Waals surface area (Å²) in [5.74, 6) is -1.05. The Balaban J connectivity index is 2.16. The molecule has 0 atom stereocenters. The highest BCUT2D eigenvalue weighted by Gasteiger charge is 2.17. The van der Waals surface area contributed by atoms with Crippen LogP contribution in [-0.4, -0.2) is 28.1 Å². The fourth-order valence-electron chi connectivity index (χ4n) is 2.01. The second-order valence-corrected chi connectivity index (χ2v) is 4.88. The first-order chi connectivity index (χ1) is 10.9. The Morgan fingerprint density at radius 1 is 1.26 bits per heavy atom. The quantitative estimate of drug-likeness (QED) is 0.808. The van der Waals surface area contributed by atoms with Gasteiger partial charge in [0, 0.05) is 11.8 Å². The Labute approximate surface area is 132 Å². The minimum atomic E-state index is -0.789. The molecule has 1 aromatic carbocycles. The highest BCUT2D eigenvalue weighted by Crippen LogP contribution is 2.14. The number of pyridine rings is 1. The lowest BCUT2D eigenvalue weighted by atomic mass is 10.1. The number of carbonyl (C=O) groups excluding carboxylic acids is 2. The van der Waals surface area contributed by atoms with Crippen molar-refractivity contribution in [1.82, 2.24) is 4.68 Å². The molecular formula is C16H16N2O5. The first-order valence-corrected chi connectivity index (χ1v) is 6.84. The number of rotatable bonds is 5. The van der Waals surface area contributed by atoms with Gasteiger partial charge in [-0.05, 0) is 26.0 Å². The smallest absolute Gasteiger partial charge is 0.284 e. The third-order valence-electron chi connectivity index (χ3n) is 3.07. The number of nitrogens with one attached hydrogen (secondary N) is 1. The zero-order valence-corrected chi connectivity index (χ0v) is 12.7. The number of ketones is 1. The van der Waals surface area contributed by atoms with Gasteiger partial charge >= 0.3 is 0 Å². The molecule has 0 aliphatic heterocycles. The van der Waals surface area contributed by atoms with Gasteiger partial charge in [0.25, 0.3) is 11.5 Å². The summed E-state index contributed by atoms with van der Waals surface area (Å²) in [6.45, 7) is 2.38. The van der Waals surface area contributed by atoms with Crippen LogP contribution >= 0.6 is 0 Å². The van der Waals surface area contributed by atoms with E-state index < -0.39 is 23.0 Å². The second kappa shape index (κ2) is 6.78. The van der Waals surface area contributed by atoms with Crippen molar-refractivity contribution in [3.05, 3.63) is 58.0 Å². The zero-order valence-electron chi connectivity index (χ0n) is 12.7. The average Bonchev–Trinajstić information content (AvgIpc) is 2.50. The molecule has 0 spiro atoms. The first-order valence-electron chi connectivity index (χ1n) is 6.84.